The van der Waals surface area contributed by atoms with Gasteiger partial charge in [-0.2, -0.15) is 9.68 Å². The predicted molar refractivity (Wildman–Crippen MR) is 34.7 cm³/mol. The maximum absolute atomic E-state index is 10.2. The molecular formula is C4H13N2O5+. The van der Waals surface area contributed by atoms with Gasteiger partial charge in [-0.3, -0.25) is 0 Å². The minimum absolute atomic E-state index is 0. The average molecular weight is 169 g/mol. The van der Waals surface area contributed by atoms with E-state index < -0.39 is 0 Å². The second kappa shape index (κ2) is 9.08. The van der Waals surface area contributed by atoms with Crippen LogP contribution in [-0.4, -0.2) is 41.7 Å². The normalized spacial score (nSPS) is 8.18. The maximum Gasteiger partial charge on any atom is 0.477 e. The van der Waals surface area contributed by atoms with Crippen molar-refractivity contribution in [1.82, 2.24) is 6.15 Å². The lowest BCUT2D eigenvalue weighted by Gasteiger charge is -1.89. The standard InChI is InChI=1S/C4H10NO5.H3N/c6-1-3-9-5(8)10-4-2-7;/h6-7H,1-4H2;1H3/q+1;. The molecule has 7 heteroatoms. The molecule has 68 valence electrons. The van der Waals surface area contributed by atoms with Crippen LogP contribution in [0.4, 0.5) is 0 Å². The summed E-state index contributed by atoms with van der Waals surface area (Å²) in [7, 11) is 0. The number of aliphatic hydroxyl groups excluding tert-OH is 2. The SMILES string of the molecule is N.O=[N+](OCCO)OCCO. The van der Waals surface area contributed by atoms with E-state index in [4.69, 9.17) is 10.2 Å². The van der Waals surface area contributed by atoms with Gasteiger partial charge < -0.3 is 16.4 Å². The van der Waals surface area contributed by atoms with Crippen molar-refractivity contribution in [2.45, 2.75) is 0 Å². The van der Waals surface area contributed by atoms with E-state index in [0.29, 0.717) is 0 Å². The largest absolute Gasteiger partial charge is 0.477 e. The first kappa shape index (κ1) is 12.7. The van der Waals surface area contributed by atoms with Crippen LogP contribution in [0.25, 0.3) is 0 Å². The number of nitrogens with zero attached hydrogens (tertiary/aromatic N) is 1. The molecule has 7 nitrogen and oxygen atoms in total. The summed E-state index contributed by atoms with van der Waals surface area (Å²) in [6.07, 6.45) is 0. The van der Waals surface area contributed by atoms with Crippen LogP contribution in [0.15, 0.2) is 0 Å². The highest BCUT2D eigenvalue weighted by Crippen LogP contribution is 1.79. The van der Waals surface area contributed by atoms with Gasteiger partial charge in [0.15, 0.2) is 13.2 Å². The first-order valence-corrected chi connectivity index (χ1v) is 2.76. The minimum atomic E-state index is -0.249. The lowest BCUT2D eigenvalue weighted by atomic mass is 10.8. The molecule has 0 fully saturated rings. The Bertz CT molecular complexity index is 88.5. The third kappa shape index (κ3) is 9.08. The Morgan fingerprint density at radius 3 is 1.73 bits per heavy atom. The molecule has 0 aliphatic rings. The van der Waals surface area contributed by atoms with Gasteiger partial charge in [-0.25, -0.2) is 0 Å². The van der Waals surface area contributed by atoms with Crippen LogP contribution in [0.5, 0.6) is 0 Å². The second-order valence-corrected chi connectivity index (χ2v) is 1.34. The van der Waals surface area contributed by atoms with E-state index in [1.165, 1.54) is 0 Å². The predicted octanol–water partition coefficient (Wildman–Crippen LogP) is -1.22. The van der Waals surface area contributed by atoms with Crippen LogP contribution in [0.2, 0.25) is 0 Å². The third-order valence-electron chi connectivity index (χ3n) is 0.576. The van der Waals surface area contributed by atoms with Crippen molar-refractivity contribution in [3.05, 3.63) is 4.91 Å². The average Bonchev–Trinajstić information content (AvgIpc) is 1.97. The molecule has 0 spiro atoms. The quantitative estimate of drug-likeness (QED) is 0.429. The van der Waals surface area contributed by atoms with Crippen LogP contribution < -0.4 is 6.15 Å². The van der Waals surface area contributed by atoms with Crippen LogP contribution >= 0.6 is 0 Å². The Morgan fingerprint density at radius 2 is 1.45 bits per heavy atom. The fourth-order valence-electron chi connectivity index (χ4n) is 0.268. The molecule has 0 aromatic heterocycles. The van der Waals surface area contributed by atoms with Crippen LogP contribution in [0.3, 0.4) is 0 Å². The molecular weight excluding hydrogens is 156 g/mol. The van der Waals surface area contributed by atoms with Crippen molar-refractivity contribution in [1.29, 1.82) is 0 Å². The van der Waals surface area contributed by atoms with Gasteiger partial charge in [0.2, 0.25) is 0 Å². The number of hydrogen-bond donors (Lipinski definition) is 3. The van der Waals surface area contributed by atoms with Gasteiger partial charge in [0.25, 0.3) is 0 Å². The molecule has 0 aromatic carbocycles. The van der Waals surface area contributed by atoms with Crippen molar-refractivity contribution in [3.63, 3.8) is 0 Å². The molecule has 0 saturated carbocycles. The zero-order chi connectivity index (χ0) is 7.82. The molecule has 5 N–H and O–H groups in total. The van der Waals surface area contributed by atoms with E-state index in [1.807, 2.05) is 0 Å². The zero-order valence-corrected chi connectivity index (χ0v) is 6.10. The Hall–Kier alpha value is -0.920. The van der Waals surface area contributed by atoms with E-state index in [2.05, 4.69) is 9.68 Å². The Morgan fingerprint density at radius 1 is 1.09 bits per heavy atom. The smallest absolute Gasteiger partial charge is 0.393 e. The van der Waals surface area contributed by atoms with E-state index in [1.54, 1.807) is 0 Å². The molecule has 0 atom stereocenters. The highest BCUT2D eigenvalue weighted by molar-refractivity contribution is 4.12. The molecule has 0 radical (unpaired) electrons. The monoisotopic (exact) mass is 169 g/mol. The summed E-state index contributed by atoms with van der Waals surface area (Å²) in [5.74, 6) is 0. The summed E-state index contributed by atoms with van der Waals surface area (Å²) in [6, 6.07) is 0. The first-order valence-electron chi connectivity index (χ1n) is 2.76. The maximum atomic E-state index is 10.2. The summed E-state index contributed by atoms with van der Waals surface area (Å²) in [5.41, 5.74) is 0. The molecule has 0 rings (SSSR count). The molecule has 0 aromatic rings. The highest BCUT2D eigenvalue weighted by Gasteiger charge is 2.09. The highest BCUT2D eigenvalue weighted by atomic mass is 17.0. The first-order chi connectivity index (χ1) is 4.81. The number of rotatable bonds is 6. The van der Waals surface area contributed by atoms with Gasteiger partial charge in [0.05, 0.1) is 13.2 Å². The van der Waals surface area contributed by atoms with Gasteiger partial charge in [0, 0.05) is 0 Å². The van der Waals surface area contributed by atoms with Crippen LogP contribution in [0.1, 0.15) is 0 Å². The third-order valence-corrected chi connectivity index (χ3v) is 0.576. The summed E-state index contributed by atoms with van der Waals surface area (Å²) in [4.78, 5) is 18.6. The topological polar surface area (TPSA) is 114 Å². The van der Waals surface area contributed by atoms with Crippen LogP contribution in [0, 0.1) is 4.91 Å². The van der Waals surface area contributed by atoms with Gasteiger partial charge >= 0.3 is 5.09 Å². The molecule has 0 heterocycles. The Balaban J connectivity index is 0. The molecule has 0 bridgehead atoms. The summed E-state index contributed by atoms with van der Waals surface area (Å²) in [6.45, 7) is -0.730. The fourth-order valence-corrected chi connectivity index (χ4v) is 0.268. The minimum Gasteiger partial charge on any atom is -0.393 e. The van der Waals surface area contributed by atoms with Gasteiger partial charge in [-0.15, -0.1) is 0 Å². The number of aliphatic hydroxyl groups is 2. The number of hydrogen-bond acceptors (Lipinski definition) is 6. The molecule has 11 heavy (non-hydrogen) atoms. The van der Waals surface area contributed by atoms with Crippen molar-refractivity contribution in [3.8, 4) is 0 Å². The molecule has 0 amide bonds. The Labute approximate surface area is 63.6 Å². The van der Waals surface area contributed by atoms with Crippen LogP contribution in [-0.2, 0) is 9.68 Å². The van der Waals surface area contributed by atoms with E-state index in [-0.39, 0.29) is 37.7 Å². The van der Waals surface area contributed by atoms with Crippen molar-refractivity contribution in [2.75, 3.05) is 26.4 Å². The van der Waals surface area contributed by atoms with Crippen molar-refractivity contribution in [2.24, 2.45) is 0 Å². The Kier molecular flexibility index (Phi) is 10.5. The molecule has 0 aliphatic heterocycles. The fraction of sp³-hybridized carbons (Fsp3) is 1.00. The lowest BCUT2D eigenvalue weighted by molar-refractivity contribution is -0.981. The lowest BCUT2D eigenvalue weighted by Crippen LogP contribution is -2.15. The van der Waals surface area contributed by atoms with Gasteiger partial charge in [-0.1, -0.05) is 0 Å². The molecule has 0 aliphatic carbocycles. The second-order valence-electron chi connectivity index (χ2n) is 1.34. The summed E-state index contributed by atoms with van der Waals surface area (Å²) >= 11 is 0. The van der Waals surface area contributed by atoms with Crippen molar-refractivity contribution < 1.29 is 25.0 Å². The molecule has 0 unspecified atom stereocenters. The van der Waals surface area contributed by atoms with Gasteiger partial charge in [0.1, 0.15) is 4.91 Å². The van der Waals surface area contributed by atoms with E-state index in [9.17, 15) is 4.91 Å². The van der Waals surface area contributed by atoms with Crippen molar-refractivity contribution >= 4 is 0 Å². The van der Waals surface area contributed by atoms with E-state index in [0.717, 1.165) is 0 Å². The summed E-state index contributed by atoms with van der Waals surface area (Å²) in [5, 5.41) is 16.1. The van der Waals surface area contributed by atoms with Gasteiger partial charge in [-0.05, 0) is 0 Å². The summed E-state index contributed by atoms with van der Waals surface area (Å²) < 4.78 is 0. The van der Waals surface area contributed by atoms with E-state index >= 15 is 0 Å². The zero-order valence-electron chi connectivity index (χ0n) is 6.10. The molecule has 0 saturated heterocycles.